The standard InChI is InChI=1S/C18H15NS/c1-3-7-13(2)18-15-12-17(14-8-5-4-6-9-14)20-16(15)10-11-19-18/h3-12H,2H2,1H3/b7-3-. The lowest BCUT2D eigenvalue weighted by Crippen LogP contribution is -1.85. The van der Waals surface area contributed by atoms with E-state index in [2.05, 4.69) is 48.0 Å². The van der Waals surface area contributed by atoms with Gasteiger partial charge in [0.25, 0.3) is 0 Å². The van der Waals surface area contributed by atoms with Crippen molar-refractivity contribution in [3.63, 3.8) is 0 Å². The fraction of sp³-hybridized carbons (Fsp3) is 0.0556. The highest BCUT2D eigenvalue weighted by atomic mass is 32.1. The van der Waals surface area contributed by atoms with Gasteiger partial charge in [0.15, 0.2) is 0 Å². The van der Waals surface area contributed by atoms with Crippen molar-refractivity contribution in [2.75, 3.05) is 0 Å². The van der Waals surface area contributed by atoms with Gasteiger partial charge in [0.1, 0.15) is 0 Å². The Bertz CT molecular complexity index is 782. The summed E-state index contributed by atoms with van der Waals surface area (Å²) in [7, 11) is 0. The molecule has 98 valence electrons. The number of hydrogen-bond donors (Lipinski definition) is 0. The van der Waals surface area contributed by atoms with E-state index in [0.29, 0.717) is 0 Å². The average Bonchev–Trinajstić information content (AvgIpc) is 2.92. The molecule has 1 aromatic carbocycles. The van der Waals surface area contributed by atoms with Crippen LogP contribution in [-0.2, 0) is 0 Å². The molecule has 0 bridgehead atoms. The van der Waals surface area contributed by atoms with Crippen molar-refractivity contribution in [1.82, 2.24) is 4.98 Å². The Balaban J connectivity index is 2.17. The molecule has 0 aliphatic heterocycles. The van der Waals surface area contributed by atoms with Gasteiger partial charge in [-0.25, -0.2) is 0 Å². The van der Waals surface area contributed by atoms with Crippen LogP contribution >= 0.6 is 11.3 Å². The molecule has 3 rings (SSSR count). The van der Waals surface area contributed by atoms with Gasteiger partial charge in [-0.3, -0.25) is 4.98 Å². The topological polar surface area (TPSA) is 12.9 Å². The van der Waals surface area contributed by atoms with Crippen LogP contribution in [0.2, 0.25) is 0 Å². The SMILES string of the molecule is C=C(/C=C\C)c1nccc2sc(-c3ccccc3)cc12. The minimum Gasteiger partial charge on any atom is -0.256 e. The quantitative estimate of drug-likeness (QED) is 0.572. The van der Waals surface area contributed by atoms with E-state index < -0.39 is 0 Å². The van der Waals surface area contributed by atoms with Crippen LogP contribution in [0, 0.1) is 0 Å². The van der Waals surface area contributed by atoms with Gasteiger partial charge in [0, 0.05) is 21.2 Å². The third-order valence-electron chi connectivity index (χ3n) is 3.18. The summed E-state index contributed by atoms with van der Waals surface area (Å²) in [5.41, 5.74) is 3.17. The molecule has 0 saturated carbocycles. The zero-order valence-corrected chi connectivity index (χ0v) is 12.2. The Kier molecular flexibility index (Phi) is 3.48. The molecule has 0 aliphatic carbocycles. The molecule has 20 heavy (non-hydrogen) atoms. The van der Waals surface area contributed by atoms with Gasteiger partial charge in [0.05, 0.1) is 5.69 Å². The predicted octanol–water partition coefficient (Wildman–Crippen LogP) is 5.55. The molecule has 2 heterocycles. The maximum atomic E-state index is 4.49. The minimum atomic E-state index is 0.954. The lowest BCUT2D eigenvalue weighted by Gasteiger charge is -2.00. The molecule has 0 spiro atoms. The smallest absolute Gasteiger partial charge is 0.0782 e. The molecule has 0 amide bonds. The molecule has 2 heteroatoms. The highest BCUT2D eigenvalue weighted by Gasteiger charge is 2.09. The molecular weight excluding hydrogens is 262 g/mol. The van der Waals surface area contributed by atoms with Crippen molar-refractivity contribution in [2.45, 2.75) is 6.92 Å². The van der Waals surface area contributed by atoms with Gasteiger partial charge >= 0.3 is 0 Å². The second-order valence-corrected chi connectivity index (χ2v) is 5.66. The number of nitrogens with zero attached hydrogens (tertiary/aromatic N) is 1. The number of benzene rings is 1. The van der Waals surface area contributed by atoms with Gasteiger partial charge in [-0.15, -0.1) is 11.3 Å². The third-order valence-corrected chi connectivity index (χ3v) is 4.33. The lowest BCUT2D eigenvalue weighted by molar-refractivity contribution is 1.32. The molecule has 0 radical (unpaired) electrons. The normalized spacial score (nSPS) is 11.2. The van der Waals surface area contributed by atoms with Crippen LogP contribution in [0.1, 0.15) is 12.6 Å². The first-order valence-electron chi connectivity index (χ1n) is 6.55. The molecule has 0 unspecified atom stereocenters. The molecule has 0 fully saturated rings. The van der Waals surface area contributed by atoms with Crippen molar-refractivity contribution < 1.29 is 0 Å². The van der Waals surface area contributed by atoms with E-state index in [1.165, 1.54) is 20.5 Å². The zero-order valence-electron chi connectivity index (χ0n) is 11.3. The van der Waals surface area contributed by atoms with E-state index >= 15 is 0 Å². The number of thiophene rings is 1. The van der Waals surface area contributed by atoms with E-state index in [9.17, 15) is 0 Å². The largest absolute Gasteiger partial charge is 0.256 e. The Morgan fingerprint density at radius 3 is 2.75 bits per heavy atom. The van der Waals surface area contributed by atoms with Crippen molar-refractivity contribution in [3.8, 4) is 10.4 Å². The molecule has 1 nitrogen and oxygen atoms in total. The second-order valence-electron chi connectivity index (χ2n) is 4.57. The number of fused-ring (bicyclic) bond motifs is 1. The van der Waals surface area contributed by atoms with Crippen LogP contribution in [0.4, 0.5) is 0 Å². The Labute approximate surface area is 122 Å². The zero-order chi connectivity index (χ0) is 13.9. The summed E-state index contributed by atoms with van der Waals surface area (Å²) < 4.78 is 1.25. The molecule has 2 aromatic heterocycles. The predicted molar refractivity (Wildman–Crippen MR) is 88.9 cm³/mol. The van der Waals surface area contributed by atoms with E-state index in [1.54, 1.807) is 11.3 Å². The third kappa shape index (κ3) is 2.30. The number of aromatic nitrogens is 1. The first kappa shape index (κ1) is 12.8. The summed E-state index contributed by atoms with van der Waals surface area (Å²) in [5, 5.41) is 1.18. The summed E-state index contributed by atoms with van der Waals surface area (Å²) in [5.74, 6) is 0. The van der Waals surface area contributed by atoms with E-state index in [4.69, 9.17) is 0 Å². The summed E-state index contributed by atoms with van der Waals surface area (Å²) >= 11 is 1.79. The van der Waals surface area contributed by atoms with E-state index in [0.717, 1.165) is 11.3 Å². The van der Waals surface area contributed by atoms with Gasteiger partial charge in [-0.2, -0.15) is 0 Å². The minimum absolute atomic E-state index is 0.954. The number of pyridine rings is 1. The Morgan fingerprint density at radius 1 is 1.20 bits per heavy atom. The molecule has 3 aromatic rings. The first-order valence-corrected chi connectivity index (χ1v) is 7.37. The van der Waals surface area contributed by atoms with Gasteiger partial charge in [-0.05, 0) is 30.2 Å². The molecule has 0 aliphatic rings. The van der Waals surface area contributed by atoms with E-state index in [1.807, 2.05) is 31.3 Å². The molecular formula is C18H15NS. The monoisotopic (exact) mass is 277 g/mol. The number of allylic oxidation sites excluding steroid dienone is 3. The first-order chi connectivity index (χ1) is 9.79. The fourth-order valence-electron chi connectivity index (χ4n) is 2.24. The van der Waals surface area contributed by atoms with Crippen molar-refractivity contribution in [3.05, 3.63) is 73.1 Å². The highest BCUT2D eigenvalue weighted by Crippen LogP contribution is 2.35. The summed E-state index contributed by atoms with van der Waals surface area (Å²) in [6, 6.07) is 14.7. The van der Waals surface area contributed by atoms with Crippen LogP contribution in [0.3, 0.4) is 0 Å². The van der Waals surface area contributed by atoms with Crippen molar-refractivity contribution >= 4 is 27.0 Å². The van der Waals surface area contributed by atoms with Crippen molar-refractivity contribution in [2.24, 2.45) is 0 Å². The van der Waals surface area contributed by atoms with Crippen molar-refractivity contribution in [1.29, 1.82) is 0 Å². The summed E-state index contributed by atoms with van der Waals surface area (Å²) in [6.07, 6.45) is 5.85. The van der Waals surface area contributed by atoms with Crippen LogP contribution in [0.25, 0.3) is 26.1 Å². The Morgan fingerprint density at radius 2 is 2.00 bits per heavy atom. The second kappa shape index (κ2) is 5.43. The van der Waals surface area contributed by atoms with Gasteiger partial charge < -0.3 is 0 Å². The summed E-state index contributed by atoms with van der Waals surface area (Å²) in [6.45, 7) is 6.10. The van der Waals surface area contributed by atoms with Crippen LogP contribution < -0.4 is 0 Å². The average molecular weight is 277 g/mol. The van der Waals surface area contributed by atoms with E-state index in [-0.39, 0.29) is 0 Å². The molecule has 0 atom stereocenters. The number of hydrogen-bond acceptors (Lipinski definition) is 2. The number of rotatable bonds is 3. The fourth-order valence-corrected chi connectivity index (χ4v) is 3.31. The van der Waals surface area contributed by atoms with Gasteiger partial charge in [-0.1, -0.05) is 49.1 Å². The highest BCUT2D eigenvalue weighted by molar-refractivity contribution is 7.22. The van der Waals surface area contributed by atoms with Gasteiger partial charge in [0.2, 0.25) is 0 Å². The maximum Gasteiger partial charge on any atom is 0.0782 e. The molecule has 0 N–H and O–H groups in total. The maximum absolute atomic E-state index is 4.49. The lowest BCUT2D eigenvalue weighted by atomic mass is 10.1. The van der Waals surface area contributed by atoms with Crippen LogP contribution in [0.15, 0.2) is 67.4 Å². The molecule has 0 saturated heterocycles. The van der Waals surface area contributed by atoms with Crippen LogP contribution in [0.5, 0.6) is 0 Å². The van der Waals surface area contributed by atoms with Crippen LogP contribution in [-0.4, -0.2) is 4.98 Å². The summed E-state index contributed by atoms with van der Waals surface area (Å²) in [4.78, 5) is 5.76. The Hall–Kier alpha value is -2.19.